The summed E-state index contributed by atoms with van der Waals surface area (Å²) in [5.41, 5.74) is 5.86. The summed E-state index contributed by atoms with van der Waals surface area (Å²) in [6.07, 6.45) is 4.38. The quantitative estimate of drug-likeness (QED) is 0.899. The molecule has 3 N–H and O–H groups in total. The molecular weight excluding hydrogens is 301 g/mol. The summed E-state index contributed by atoms with van der Waals surface area (Å²) in [6, 6.07) is 0.952. The summed E-state index contributed by atoms with van der Waals surface area (Å²) < 4.78 is 15.9. The van der Waals surface area contributed by atoms with E-state index in [1.807, 2.05) is 0 Å². The van der Waals surface area contributed by atoms with Crippen molar-refractivity contribution in [3.8, 4) is 0 Å². The Bertz CT molecular complexity index is 902. The minimum Gasteiger partial charge on any atom is -0.477 e. The zero-order valence-electron chi connectivity index (χ0n) is 12.5. The number of aryl methyl sites for hydroxylation is 1. The molecule has 2 aromatic heterocycles. The molecular formula is C16H16FN3O3. The van der Waals surface area contributed by atoms with Crippen LogP contribution in [0.3, 0.4) is 0 Å². The summed E-state index contributed by atoms with van der Waals surface area (Å²) in [7, 11) is 0. The van der Waals surface area contributed by atoms with Crippen LogP contribution in [-0.2, 0) is 6.54 Å². The van der Waals surface area contributed by atoms with Crippen LogP contribution in [0.2, 0.25) is 0 Å². The Morgan fingerprint density at radius 3 is 2.87 bits per heavy atom. The Kier molecular flexibility index (Phi) is 3.73. The van der Waals surface area contributed by atoms with Gasteiger partial charge in [-0.1, -0.05) is 6.08 Å². The van der Waals surface area contributed by atoms with Crippen molar-refractivity contribution in [3.05, 3.63) is 45.6 Å². The second kappa shape index (κ2) is 5.58. The van der Waals surface area contributed by atoms with Crippen molar-refractivity contribution in [1.29, 1.82) is 0 Å². The number of carboxylic acid groups (broad SMARTS) is 1. The van der Waals surface area contributed by atoms with E-state index in [2.05, 4.69) is 4.98 Å². The SMILES string of the molecule is CCn1cc(C(=O)O)c(=O)c2cc(F)c(C3=CC(N)CC3)nc21. The number of nitrogens with zero attached hydrogens (tertiary/aromatic N) is 2. The molecule has 0 radical (unpaired) electrons. The molecule has 2 heterocycles. The van der Waals surface area contributed by atoms with E-state index in [0.717, 1.165) is 12.5 Å². The Hall–Kier alpha value is -2.54. The second-order valence-corrected chi connectivity index (χ2v) is 5.55. The van der Waals surface area contributed by atoms with Gasteiger partial charge in [-0.3, -0.25) is 4.79 Å². The van der Waals surface area contributed by atoms with Crippen LogP contribution in [0.25, 0.3) is 16.6 Å². The molecule has 0 saturated carbocycles. The highest BCUT2D eigenvalue weighted by Crippen LogP contribution is 2.29. The third kappa shape index (κ3) is 2.53. The number of carboxylic acids is 1. The standard InChI is InChI=1S/C16H16FN3O3/c1-2-20-7-11(16(22)23)14(21)10-6-12(17)13(19-15(10)20)8-3-4-9(18)5-8/h5-7,9H,2-4,18H2,1H3,(H,22,23). The second-order valence-electron chi connectivity index (χ2n) is 5.55. The van der Waals surface area contributed by atoms with Gasteiger partial charge in [-0.05, 0) is 31.4 Å². The van der Waals surface area contributed by atoms with Gasteiger partial charge in [-0.15, -0.1) is 0 Å². The topological polar surface area (TPSA) is 98.2 Å². The molecule has 1 atom stereocenters. The highest BCUT2D eigenvalue weighted by molar-refractivity contribution is 5.92. The summed E-state index contributed by atoms with van der Waals surface area (Å²) in [5.74, 6) is -1.98. The highest BCUT2D eigenvalue weighted by Gasteiger charge is 2.21. The highest BCUT2D eigenvalue weighted by atomic mass is 19.1. The minimum atomic E-state index is -1.34. The smallest absolute Gasteiger partial charge is 0.341 e. The lowest BCUT2D eigenvalue weighted by Gasteiger charge is -2.12. The van der Waals surface area contributed by atoms with Crippen LogP contribution in [0.5, 0.6) is 0 Å². The van der Waals surface area contributed by atoms with E-state index in [4.69, 9.17) is 10.8 Å². The third-order valence-corrected chi connectivity index (χ3v) is 4.04. The molecule has 0 fully saturated rings. The van der Waals surface area contributed by atoms with Crippen LogP contribution in [0.1, 0.15) is 35.8 Å². The molecule has 0 aromatic carbocycles. The molecule has 7 heteroatoms. The predicted molar refractivity (Wildman–Crippen MR) is 83.8 cm³/mol. The van der Waals surface area contributed by atoms with E-state index in [0.29, 0.717) is 18.5 Å². The molecule has 0 spiro atoms. The first kappa shape index (κ1) is 15.4. The number of halogens is 1. The number of hydrogen-bond acceptors (Lipinski definition) is 4. The molecule has 0 aliphatic heterocycles. The fraction of sp³-hybridized carbons (Fsp3) is 0.312. The molecule has 1 aliphatic rings. The maximum absolute atomic E-state index is 14.4. The van der Waals surface area contributed by atoms with E-state index in [1.54, 1.807) is 17.6 Å². The first-order valence-electron chi connectivity index (χ1n) is 7.36. The summed E-state index contributed by atoms with van der Waals surface area (Å²) in [4.78, 5) is 27.7. The Labute approximate surface area is 131 Å². The van der Waals surface area contributed by atoms with Crippen LogP contribution < -0.4 is 11.2 Å². The van der Waals surface area contributed by atoms with E-state index in [1.165, 1.54) is 6.20 Å². The first-order valence-corrected chi connectivity index (χ1v) is 7.36. The predicted octanol–water partition coefficient (Wildman–Crippen LogP) is 1.76. The van der Waals surface area contributed by atoms with Gasteiger partial charge in [0, 0.05) is 18.8 Å². The van der Waals surface area contributed by atoms with Crippen molar-refractivity contribution in [1.82, 2.24) is 9.55 Å². The largest absolute Gasteiger partial charge is 0.477 e. The third-order valence-electron chi connectivity index (χ3n) is 4.04. The van der Waals surface area contributed by atoms with Gasteiger partial charge in [0.2, 0.25) is 5.43 Å². The van der Waals surface area contributed by atoms with E-state index in [-0.39, 0.29) is 22.8 Å². The number of pyridine rings is 2. The molecule has 3 rings (SSSR count). The summed E-state index contributed by atoms with van der Waals surface area (Å²) in [5, 5.41) is 9.09. The lowest BCUT2D eigenvalue weighted by atomic mass is 10.1. The van der Waals surface area contributed by atoms with Crippen molar-refractivity contribution in [2.75, 3.05) is 0 Å². The van der Waals surface area contributed by atoms with Crippen LogP contribution in [-0.4, -0.2) is 26.7 Å². The zero-order valence-corrected chi connectivity index (χ0v) is 12.5. The van der Waals surface area contributed by atoms with Crippen LogP contribution in [0, 0.1) is 5.82 Å². The maximum Gasteiger partial charge on any atom is 0.341 e. The van der Waals surface area contributed by atoms with Gasteiger partial charge in [0.15, 0.2) is 0 Å². The average Bonchev–Trinajstić information content (AvgIpc) is 2.93. The van der Waals surface area contributed by atoms with E-state index < -0.39 is 22.8 Å². The Morgan fingerprint density at radius 1 is 1.57 bits per heavy atom. The number of nitrogens with two attached hydrogens (primary N) is 1. The zero-order chi connectivity index (χ0) is 16.7. The van der Waals surface area contributed by atoms with Crippen molar-refractivity contribution in [2.24, 2.45) is 5.73 Å². The van der Waals surface area contributed by atoms with Gasteiger partial charge in [0.05, 0.1) is 5.39 Å². The fourth-order valence-corrected chi connectivity index (χ4v) is 2.85. The Morgan fingerprint density at radius 2 is 2.30 bits per heavy atom. The number of fused-ring (bicyclic) bond motifs is 1. The van der Waals surface area contributed by atoms with Crippen LogP contribution >= 0.6 is 0 Å². The molecule has 0 saturated heterocycles. The van der Waals surface area contributed by atoms with Gasteiger partial charge in [0.1, 0.15) is 22.7 Å². The molecule has 0 bridgehead atoms. The maximum atomic E-state index is 14.4. The summed E-state index contributed by atoms with van der Waals surface area (Å²) in [6.45, 7) is 2.21. The Balaban J connectivity index is 2.32. The van der Waals surface area contributed by atoms with Crippen molar-refractivity contribution >= 4 is 22.6 Å². The number of rotatable bonds is 3. The number of hydrogen-bond donors (Lipinski definition) is 2. The molecule has 6 nitrogen and oxygen atoms in total. The molecule has 1 unspecified atom stereocenters. The first-order chi connectivity index (χ1) is 10.9. The summed E-state index contributed by atoms with van der Waals surface area (Å²) >= 11 is 0. The van der Waals surface area contributed by atoms with Crippen molar-refractivity contribution in [2.45, 2.75) is 32.4 Å². The lowest BCUT2D eigenvalue weighted by molar-refractivity contribution is 0.0695. The van der Waals surface area contributed by atoms with Gasteiger partial charge in [0.25, 0.3) is 0 Å². The molecule has 23 heavy (non-hydrogen) atoms. The van der Waals surface area contributed by atoms with Crippen LogP contribution in [0.15, 0.2) is 23.1 Å². The van der Waals surface area contributed by atoms with Gasteiger partial charge < -0.3 is 15.4 Å². The minimum absolute atomic E-state index is 0.0316. The van der Waals surface area contributed by atoms with E-state index >= 15 is 0 Å². The van der Waals surface area contributed by atoms with Crippen molar-refractivity contribution in [3.63, 3.8) is 0 Å². The number of aromatic nitrogens is 2. The van der Waals surface area contributed by atoms with Crippen LogP contribution in [0.4, 0.5) is 4.39 Å². The van der Waals surface area contributed by atoms with Crippen molar-refractivity contribution < 1.29 is 14.3 Å². The fourth-order valence-electron chi connectivity index (χ4n) is 2.85. The monoisotopic (exact) mass is 317 g/mol. The van der Waals surface area contributed by atoms with Gasteiger partial charge in [-0.25, -0.2) is 14.2 Å². The molecule has 2 aromatic rings. The molecule has 0 amide bonds. The average molecular weight is 317 g/mol. The molecule has 120 valence electrons. The van der Waals surface area contributed by atoms with E-state index in [9.17, 15) is 14.0 Å². The van der Waals surface area contributed by atoms with Gasteiger partial charge >= 0.3 is 5.97 Å². The number of allylic oxidation sites excluding steroid dienone is 1. The van der Waals surface area contributed by atoms with Gasteiger partial charge in [-0.2, -0.15) is 0 Å². The lowest BCUT2D eigenvalue weighted by Crippen LogP contribution is -2.20. The number of aromatic carboxylic acids is 1. The normalized spacial score (nSPS) is 17.5. The number of carbonyl (C=O) groups is 1. The molecule has 1 aliphatic carbocycles.